The van der Waals surface area contributed by atoms with E-state index in [4.69, 9.17) is 8.92 Å². The van der Waals surface area contributed by atoms with Crippen LogP contribution in [0.2, 0.25) is 0 Å². The molecule has 0 aromatic heterocycles. The zero-order valence-corrected chi connectivity index (χ0v) is 15.1. The van der Waals surface area contributed by atoms with Crippen molar-refractivity contribution in [3.63, 3.8) is 0 Å². The van der Waals surface area contributed by atoms with Crippen molar-refractivity contribution in [1.29, 1.82) is 0 Å². The molecule has 8 heteroatoms. The Labute approximate surface area is 135 Å². The second kappa shape index (κ2) is 7.89. The van der Waals surface area contributed by atoms with E-state index >= 15 is 0 Å². The molecule has 21 heavy (non-hydrogen) atoms. The van der Waals surface area contributed by atoms with Crippen LogP contribution in [0.3, 0.4) is 0 Å². The third-order valence-corrected chi connectivity index (χ3v) is 6.23. The summed E-state index contributed by atoms with van der Waals surface area (Å²) < 4.78 is 36.4. The van der Waals surface area contributed by atoms with E-state index in [-0.39, 0.29) is 11.4 Å². The Morgan fingerprint density at radius 1 is 1.52 bits per heavy atom. The second-order valence-electron chi connectivity index (χ2n) is 5.51. The second-order valence-corrected chi connectivity index (χ2v) is 7.96. The van der Waals surface area contributed by atoms with Gasteiger partial charge in [-0.05, 0) is 13.3 Å². The molecule has 0 radical (unpaired) electrons. The van der Waals surface area contributed by atoms with Crippen molar-refractivity contribution < 1.29 is 22.1 Å². The number of ether oxygens (including phenoxy) is 1. The molecule has 3 atom stereocenters. The summed E-state index contributed by atoms with van der Waals surface area (Å²) in [5, 5.41) is 0. The van der Waals surface area contributed by atoms with Crippen molar-refractivity contribution >= 4 is 32.2 Å². The minimum absolute atomic E-state index is 0.00243. The molecule has 0 aromatic rings. The topological polar surface area (TPSA) is 81.7 Å². The van der Waals surface area contributed by atoms with Gasteiger partial charge in [-0.25, -0.2) is 0 Å². The first-order chi connectivity index (χ1) is 9.71. The lowest BCUT2D eigenvalue weighted by Gasteiger charge is -2.38. The molecule has 0 aromatic carbocycles. The Balaban J connectivity index is 2.96. The van der Waals surface area contributed by atoms with Crippen molar-refractivity contribution in [2.24, 2.45) is 0 Å². The number of carbonyl (C=O) groups is 1. The molecule has 0 bridgehead atoms. The van der Waals surface area contributed by atoms with Gasteiger partial charge in [0.2, 0.25) is 0 Å². The number of halogens is 1. The quantitative estimate of drug-likeness (QED) is 0.430. The molecular formula is C13H24BrNO5S. The zero-order valence-electron chi connectivity index (χ0n) is 12.7. The summed E-state index contributed by atoms with van der Waals surface area (Å²) in [6.07, 6.45) is 3.66. The van der Waals surface area contributed by atoms with E-state index in [0.717, 1.165) is 25.7 Å². The van der Waals surface area contributed by atoms with Gasteiger partial charge in [0, 0.05) is 18.2 Å². The molecule has 1 saturated heterocycles. The van der Waals surface area contributed by atoms with Gasteiger partial charge in [-0.1, -0.05) is 42.1 Å². The maximum Gasteiger partial charge on any atom is 0.336 e. The summed E-state index contributed by atoms with van der Waals surface area (Å²) in [5.41, 5.74) is -0.936. The molecule has 1 rings (SSSR count). The van der Waals surface area contributed by atoms with Gasteiger partial charge in [-0.3, -0.25) is 8.98 Å². The van der Waals surface area contributed by atoms with Gasteiger partial charge in [0.05, 0.1) is 12.1 Å². The molecule has 1 heterocycles. The van der Waals surface area contributed by atoms with Gasteiger partial charge in [0.1, 0.15) is 6.10 Å². The lowest BCUT2D eigenvalue weighted by Crippen LogP contribution is -2.59. The Morgan fingerprint density at radius 3 is 2.76 bits per heavy atom. The fourth-order valence-electron chi connectivity index (χ4n) is 2.45. The predicted octanol–water partition coefficient (Wildman–Crippen LogP) is 2.28. The van der Waals surface area contributed by atoms with E-state index in [9.17, 15) is 13.2 Å². The van der Waals surface area contributed by atoms with E-state index in [2.05, 4.69) is 27.6 Å². The lowest BCUT2D eigenvalue weighted by atomic mass is 9.87. The average Bonchev–Trinajstić information content (AvgIpc) is 2.46. The molecule has 0 amide bonds. The van der Waals surface area contributed by atoms with Crippen LogP contribution in [0.15, 0.2) is 0 Å². The Bertz CT molecular complexity index is 455. The summed E-state index contributed by atoms with van der Waals surface area (Å²) in [4.78, 5) is 11.1. The van der Waals surface area contributed by atoms with E-state index < -0.39 is 27.9 Å². The highest BCUT2D eigenvalue weighted by Crippen LogP contribution is 2.32. The molecule has 0 aliphatic carbocycles. The Morgan fingerprint density at radius 2 is 2.19 bits per heavy atom. The van der Waals surface area contributed by atoms with Gasteiger partial charge in [0.15, 0.2) is 0 Å². The lowest BCUT2D eigenvalue weighted by molar-refractivity contribution is -0.150. The number of hydrogen-bond donors (Lipinski definition) is 1. The number of hydrogen-bond acceptors (Lipinski definition) is 5. The summed E-state index contributed by atoms with van der Waals surface area (Å²) >= 11 is 3.57. The minimum atomic E-state index is -3.84. The van der Waals surface area contributed by atoms with Gasteiger partial charge in [-0.2, -0.15) is 13.1 Å². The SMILES string of the molecule is CCCCC[C@H](Br)[C@@]1(C)NS(=O)(=O)OCC[C@H]1OC(C)=O. The highest BCUT2D eigenvalue weighted by atomic mass is 79.9. The number of carbonyl (C=O) groups excluding carboxylic acids is 1. The van der Waals surface area contributed by atoms with Crippen LogP contribution in [0.4, 0.5) is 0 Å². The third kappa shape index (κ3) is 5.50. The molecule has 1 fully saturated rings. The first-order valence-corrected chi connectivity index (χ1v) is 9.53. The standard InChI is InChI=1S/C13H24BrNO5S/c1-4-5-6-7-11(14)13(3)12(20-10(2)16)8-9-19-21(17,18)15-13/h11-12,15H,4-9H2,1-3H3/t11-,12+,13+/m0/s1. The Hall–Kier alpha value is -0.180. The summed E-state index contributed by atoms with van der Waals surface area (Å²) in [6, 6.07) is 0. The number of alkyl halides is 1. The maximum atomic E-state index is 11.9. The van der Waals surface area contributed by atoms with E-state index in [1.807, 2.05) is 0 Å². The van der Waals surface area contributed by atoms with Crippen LogP contribution >= 0.6 is 15.9 Å². The van der Waals surface area contributed by atoms with E-state index in [0.29, 0.717) is 6.42 Å². The normalized spacial score (nSPS) is 30.4. The molecule has 1 aliphatic heterocycles. The third-order valence-electron chi connectivity index (χ3n) is 3.65. The average molecular weight is 386 g/mol. The summed E-state index contributed by atoms with van der Waals surface area (Å²) in [7, 11) is -3.84. The van der Waals surface area contributed by atoms with Crippen molar-refractivity contribution in [2.75, 3.05) is 6.61 Å². The van der Waals surface area contributed by atoms with Crippen LogP contribution in [0, 0.1) is 0 Å². The highest BCUT2D eigenvalue weighted by Gasteiger charge is 2.47. The molecule has 0 spiro atoms. The van der Waals surface area contributed by atoms with Crippen molar-refractivity contribution in [1.82, 2.24) is 4.72 Å². The van der Waals surface area contributed by atoms with Crippen molar-refractivity contribution in [2.45, 2.75) is 69.3 Å². The van der Waals surface area contributed by atoms with Crippen LogP contribution in [0.5, 0.6) is 0 Å². The Kier molecular flexibility index (Phi) is 7.09. The van der Waals surface area contributed by atoms with Crippen LogP contribution in [0.25, 0.3) is 0 Å². The molecule has 6 nitrogen and oxygen atoms in total. The van der Waals surface area contributed by atoms with E-state index in [1.165, 1.54) is 6.92 Å². The smallest absolute Gasteiger partial charge is 0.336 e. The summed E-state index contributed by atoms with van der Waals surface area (Å²) in [5.74, 6) is -0.430. The molecule has 1 N–H and O–H groups in total. The van der Waals surface area contributed by atoms with Gasteiger partial charge in [0.25, 0.3) is 0 Å². The van der Waals surface area contributed by atoms with Gasteiger partial charge >= 0.3 is 16.3 Å². The van der Waals surface area contributed by atoms with Crippen molar-refractivity contribution in [3.8, 4) is 0 Å². The first kappa shape index (κ1) is 18.9. The molecule has 1 aliphatic rings. The maximum absolute atomic E-state index is 11.9. The number of unbranched alkanes of at least 4 members (excludes halogenated alkanes) is 2. The van der Waals surface area contributed by atoms with Crippen LogP contribution < -0.4 is 4.72 Å². The van der Waals surface area contributed by atoms with Crippen LogP contribution in [-0.4, -0.2) is 37.5 Å². The monoisotopic (exact) mass is 385 g/mol. The van der Waals surface area contributed by atoms with Gasteiger partial charge in [-0.15, -0.1) is 0 Å². The zero-order chi connectivity index (χ0) is 16.1. The predicted molar refractivity (Wildman–Crippen MR) is 83.4 cm³/mol. The molecule has 0 unspecified atom stereocenters. The number of rotatable bonds is 6. The molecule has 0 saturated carbocycles. The molecule has 124 valence electrons. The van der Waals surface area contributed by atoms with Crippen LogP contribution in [-0.2, 0) is 24.0 Å². The number of esters is 1. The largest absolute Gasteiger partial charge is 0.460 e. The highest BCUT2D eigenvalue weighted by molar-refractivity contribution is 9.09. The van der Waals surface area contributed by atoms with Gasteiger partial charge < -0.3 is 4.74 Å². The van der Waals surface area contributed by atoms with E-state index in [1.54, 1.807) is 6.92 Å². The first-order valence-electron chi connectivity index (χ1n) is 7.21. The fourth-order valence-corrected chi connectivity index (χ4v) is 4.52. The summed E-state index contributed by atoms with van der Waals surface area (Å²) in [6.45, 7) is 5.17. The van der Waals surface area contributed by atoms with Crippen molar-refractivity contribution in [3.05, 3.63) is 0 Å². The number of nitrogens with one attached hydrogen (secondary N) is 1. The minimum Gasteiger partial charge on any atom is -0.460 e. The fraction of sp³-hybridized carbons (Fsp3) is 0.923. The van der Waals surface area contributed by atoms with Crippen LogP contribution in [0.1, 0.15) is 52.9 Å². The molecular weight excluding hydrogens is 362 g/mol.